The van der Waals surface area contributed by atoms with Gasteiger partial charge in [0.1, 0.15) is 0 Å². The normalized spacial score (nSPS) is 9.95. The molecular formula is C14H20N2O3. The van der Waals surface area contributed by atoms with Gasteiger partial charge in [-0.1, -0.05) is 25.5 Å². The number of esters is 1. The first-order valence-corrected chi connectivity index (χ1v) is 6.38. The minimum Gasteiger partial charge on any atom is -0.455 e. The number of rotatable bonds is 7. The number of carbonyl (C=O) groups is 2. The molecule has 0 bridgehead atoms. The number of unbranched alkanes of at least 4 members (excludes halogenated alkanes) is 1. The molecule has 0 saturated heterocycles. The summed E-state index contributed by atoms with van der Waals surface area (Å²) in [4.78, 5) is 22.8. The Bertz CT molecular complexity index is 415. The number of carbonyl (C=O) groups excluding carboxylic acids is 2. The highest BCUT2D eigenvalue weighted by Gasteiger charge is 2.08. The number of amides is 1. The highest BCUT2D eigenvalue weighted by molar-refractivity contribution is 5.81. The van der Waals surface area contributed by atoms with Crippen molar-refractivity contribution in [2.75, 3.05) is 18.9 Å². The van der Waals surface area contributed by atoms with Crippen molar-refractivity contribution in [3.05, 3.63) is 29.8 Å². The van der Waals surface area contributed by atoms with Crippen molar-refractivity contribution in [2.24, 2.45) is 0 Å². The van der Waals surface area contributed by atoms with Crippen LogP contribution in [0.25, 0.3) is 0 Å². The van der Waals surface area contributed by atoms with Gasteiger partial charge in [-0.15, -0.1) is 0 Å². The Morgan fingerprint density at radius 3 is 2.58 bits per heavy atom. The van der Waals surface area contributed by atoms with E-state index in [1.54, 1.807) is 24.3 Å². The van der Waals surface area contributed by atoms with E-state index in [1.165, 1.54) is 0 Å². The molecule has 104 valence electrons. The maximum atomic E-state index is 11.5. The molecular weight excluding hydrogens is 244 g/mol. The Kier molecular flexibility index (Phi) is 6.43. The second-order valence-corrected chi connectivity index (χ2v) is 4.28. The van der Waals surface area contributed by atoms with Crippen LogP contribution in [0, 0.1) is 0 Å². The van der Waals surface area contributed by atoms with Gasteiger partial charge < -0.3 is 15.8 Å². The van der Waals surface area contributed by atoms with E-state index in [9.17, 15) is 9.59 Å². The lowest BCUT2D eigenvalue weighted by molar-refractivity contribution is -0.147. The topological polar surface area (TPSA) is 81.4 Å². The third kappa shape index (κ3) is 6.45. The lowest BCUT2D eigenvalue weighted by Crippen LogP contribution is -2.29. The third-order valence-corrected chi connectivity index (χ3v) is 2.54. The van der Waals surface area contributed by atoms with Gasteiger partial charge in [-0.2, -0.15) is 0 Å². The number of nitrogen functional groups attached to an aromatic ring is 1. The van der Waals surface area contributed by atoms with Crippen molar-refractivity contribution >= 4 is 17.6 Å². The molecule has 0 fully saturated rings. The molecule has 5 heteroatoms. The van der Waals surface area contributed by atoms with Gasteiger partial charge in [0, 0.05) is 12.2 Å². The summed E-state index contributed by atoms with van der Waals surface area (Å²) in [6, 6.07) is 6.97. The van der Waals surface area contributed by atoms with Crippen molar-refractivity contribution in [2.45, 2.75) is 26.2 Å². The summed E-state index contributed by atoms with van der Waals surface area (Å²) in [5, 5.41) is 2.68. The molecule has 0 spiro atoms. The molecule has 0 aliphatic heterocycles. The molecule has 19 heavy (non-hydrogen) atoms. The van der Waals surface area contributed by atoms with Crippen LogP contribution < -0.4 is 11.1 Å². The molecule has 5 nitrogen and oxygen atoms in total. The monoisotopic (exact) mass is 264 g/mol. The number of nitrogens with one attached hydrogen (secondary N) is 1. The molecule has 0 heterocycles. The van der Waals surface area contributed by atoms with Crippen LogP contribution in [0.2, 0.25) is 0 Å². The molecule has 1 rings (SSSR count). The Morgan fingerprint density at radius 1 is 1.26 bits per heavy atom. The SMILES string of the molecule is CCCCNC(=O)COC(=O)Cc1ccc(N)cc1. The fourth-order valence-electron chi connectivity index (χ4n) is 1.45. The zero-order valence-electron chi connectivity index (χ0n) is 11.1. The summed E-state index contributed by atoms with van der Waals surface area (Å²) in [6.45, 7) is 2.43. The predicted octanol–water partition coefficient (Wildman–Crippen LogP) is 1.27. The van der Waals surface area contributed by atoms with Gasteiger partial charge in [0.15, 0.2) is 6.61 Å². The predicted molar refractivity (Wildman–Crippen MR) is 73.4 cm³/mol. The zero-order valence-corrected chi connectivity index (χ0v) is 11.1. The summed E-state index contributed by atoms with van der Waals surface area (Å²) >= 11 is 0. The molecule has 3 N–H and O–H groups in total. The Balaban J connectivity index is 2.24. The fraction of sp³-hybridized carbons (Fsp3) is 0.429. The first-order chi connectivity index (χ1) is 9.11. The smallest absolute Gasteiger partial charge is 0.310 e. The van der Waals surface area contributed by atoms with Gasteiger partial charge in [-0.05, 0) is 24.1 Å². The maximum absolute atomic E-state index is 11.5. The van der Waals surface area contributed by atoms with Crippen molar-refractivity contribution < 1.29 is 14.3 Å². The van der Waals surface area contributed by atoms with Gasteiger partial charge in [0.2, 0.25) is 0 Å². The van der Waals surface area contributed by atoms with E-state index >= 15 is 0 Å². The van der Waals surface area contributed by atoms with E-state index in [0.29, 0.717) is 12.2 Å². The van der Waals surface area contributed by atoms with E-state index in [1.807, 2.05) is 6.92 Å². The molecule has 1 amide bonds. The van der Waals surface area contributed by atoms with E-state index in [4.69, 9.17) is 10.5 Å². The van der Waals surface area contributed by atoms with Gasteiger partial charge in [0.25, 0.3) is 5.91 Å². The van der Waals surface area contributed by atoms with Crippen LogP contribution in [0.5, 0.6) is 0 Å². The summed E-state index contributed by atoms with van der Waals surface area (Å²) in [7, 11) is 0. The number of hydrogen-bond acceptors (Lipinski definition) is 4. The van der Waals surface area contributed by atoms with Crippen LogP contribution in [-0.4, -0.2) is 25.0 Å². The summed E-state index contributed by atoms with van der Waals surface area (Å²) in [6.07, 6.45) is 2.07. The summed E-state index contributed by atoms with van der Waals surface area (Å²) < 4.78 is 4.89. The Labute approximate surface area is 113 Å². The number of benzene rings is 1. The number of ether oxygens (including phenoxy) is 1. The molecule has 0 aliphatic carbocycles. The maximum Gasteiger partial charge on any atom is 0.310 e. The van der Waals surface area contributed by atoms with Crippen molar-refractivity contribution in [3.63, 3.8) is 0 Å². The van der Waals surface area contributed by atoms with Gasteiger partial charge in [-0.25, -0.2) is 0 Å². The Hall–Kier alpha value is -2.04. The molecule has 1 aromatic rings. The van der Waals surface area contributed by atoms with Gasteiger partial charge >= 0.3 is 5.97 Å². The average molecular weight is 264 g/mol. The highest BCUT2D eigenvalue weighted by Crippen LogP contribution is 2.06. The lowest BCUT2D eigenvalue weighted by atomic mass is 10.1. The quantitative estimate of drug-likeness (QED) is 0.441. The largest absolute Gasteiger partial charge is 0.455 e. The van der Waals surface area contributed by atoms with Crippen LogP contribution in [0.15, 0.2) is 24.3 Å². The molecule has 1 aromatic carbocycles. The summed E-state index contributed by atoms with van der Waals surface area (Å²) in [5.74, 6) is -0.686. The van der Waals surface area contributed by atoms with Gasteiger partial charge in [0.05, 0.1) is 6.42 Å². The lowest BCUT2D eigenvalue weighted by Gasteiger charge is -2.06. The van der Waals surface area contributed by atoms with Crippen LogP contribution in [0.4, 0.5) is 5.69 Å². The number of hydrogen-bond donors (Lipinski definition) is 2. The van der Waals surface area contributed by atoms with E-state index in [0.717, 1.165) is 18.4 Å². The molecule has 0 aromatic heterocycles. The molecule has 0 atom stereocenters. The zero-order chi connectivity index (χ0) is 14.1. The second-order valence-electron chi connectivity index (χ2n) is 4.28. The summed E-state index contributed by atoms with van der Waals surface area (Å²) in [5.41, 5.74) is 7.00. The average Bonchev–Trinajstić information content (AvgIpc) is 2.39. The van der Waals surface area contributed by atoms with E-state index in [2.05, 4.69) is 5.32 Å². The van der Waals surface area contributed by atoms with Crippen molar-refractivity contribution in [1.29, 1.82) is 0 Å². The number of anilines is 1. The minimum absolute atomic E-state index is 0.141. The van der Waals surface area contributed by atoms with Crippen LogP contribution in [0.1, 0.15) is 25.3 Å². The minimum atomic E-state index is -0.421. The first-order valence-electron chi connectivity index (χ1n) is 6.38. The van der Waals surface area contributed by atoms with E-state index in [-0.39, 0.29) is 18.9 Å². The molecule has 0 saturated carbocycles. The Morgan fingerprint density at radius 2 is 1.95 bits per heavy atom. The van der Waals surface area contributed by atoms with E-state index < -0.39 is 5.97 Å². The van der Waals surface area contributed by atoms with Crippen molar-refractivity contribution in [3.8, 4) is 0 Å². The van der Waals surface area contributed by atoms with Gasteiger partial charge in [-0.3, -0.25) is 9.59 Å². The van der Waals surface area contributed by atoms with Crippen LogP contribution >= 0.6 is 0 Å². The van der Waals surface area contributed by atoms with Crippen LogP contribution in [0.3, 0.4) is 0 Å². The van der Waals surface area contributed by atoms with Crippen LogP contribution in [-0.2, 0) is 20.7 Å². The molecule has 0 aliphatic rings. The highest BCUT2D eigenvalue weighted by atomic mass is 16.5. The first kappa shape index (κ1) is 15.0. The second kappa shape index (κ2) is 8.13. The molecule has 0 unspecified atom stereocenters. The standard InChI is InChI=1S/C14H20N2O3/c1-2-3-8-16-13(17)10-19-14(18)9-11-4-6-12(15)7-5-11/h4-7H,2-3,8-10,15H2,1H3,(H,16,17). The molecule has 0 radical (unpaired) electrons. The number of nitrogens with two attached hydrogens (primary N) is 1. The third-order valence-electron chi connectivity index (χ3n) is 2.54. The fourth-order valence-corrected chi connectivity index (χ4v) is 1.45. The van der Waals surface area contributed by atoms with Crippen molar-refractivity contribution in [1.82, 2.24) is 5.32 Å².